The van der Waals surface area contributed by atoms with E-state index >= 15 is 0 Å². The zero-order valence-corrected chi connectivity index (χ0v) is 11.6. The molecule has 2 atom stereocenters. The topological polar surface area (TPSA) is 12.5 Å². The molecule has 1 aliphatic heterocycles. The fourth-order valence-electron chi connectivity index (χ4n) is 2.65. The van der Waals surface area contributed by atoms with Gasteiger partial charge in [0.15, 0.2) is 0 Å². The van der Waals surface area contributed by atoms with Crippen molar-refractivity contribution in [3.63, 3.8) is 0 Å². The van der Waals surface area contributed by atoms with Crippen molar-refractivity contribution < 1.29 is 4.74 Å². The molecule has 1 heterocycles. The van der Waals surface area contributed by atoms with Crippen molar-refractivity contribution in [2.24, 2.45) is 0 Å². The molecule has 0 spiro atoms. The van der Waals surface area contributed by atoms with Crippen molar-refractivity contribution in [2.75, 3.05) is 0 Å². The quantitative estimate of drug-likeness (QED) is 0.753. The van der Waals surface area contributed by atoms with Crippen molar-refractivity contribution in [3.05, 3.63) is 70.8 Å². The lowest BCUT2D eigenvalue weighted by Gasteiger charge is -2.04. The molecule has 0 bridgehead atoms. The highest BCUT2D eigenvalue weighted by Gasteiger charge is 2.38. The molecule has 2 aromatic rings. The predicted octanol–water partition coefficient (Wildman–Crippen LogP) is 3.86. The molecule has 2 unspecified atom stereocenters. The summed E-state index contributed by atoms with van der Waals surface area (Å²) in [7, 11) is 0. The van der Waals surface area contributed by atoms with Crippen LogP contribution in [0.15, 0.2) is 48.5 Å². The second-order valence-corrected chi connectivity index (χ2v) is 5.47. The molecule has 1 saturated heterocycles. The smallest absolute Gasteiger partial charge is 0.0885 e. The number of aryl methyl sites for hydroxylation is 2. The molecular weight excluding hydrogens is 232 g/mol. The lowest BCUT2D eigenvalue weighted by atomic mass is 9.99. The maximum Gasteiger partial charge on any atom is 0.0885 e. The molecule has 98 valence electrons. The summed E-state index contributed by atoms with van der Waals surface area (Å²) in [5.41, 5.74) is 5.57. The molecule has 0 N–H and O–H groups in total. The Labute approximate surface area is 115 Å². The Balaban J connectivity index is 1.60. The minimum atomic E-state index is 0.403. The van der Waals surface area contributed by atoms with Crippen molar-refractivity contribution >= 4 is 0 Å². The van der Waals surface area contributed by atoms with Crippen LogP contribution in [0.4, 0.5) is 0 Å². The maximum absolute atomic E-state index is 5.83. The van der Waals surface area contributed by atoms with Gasteiger partial charge in [-0.25, -0.2) is 0 Å². The number of ether oxygens (including phenoxy) is 1. The van der Waals surface area contributed by atoms with Crippen LogP contribution in [-0.2, 0) is 17.6 Å². The van der Waals surface area contributed by atoms with Crippen molar-refractivity contribution in [1.82, 2.24) is 0 Å². The first-order valence-electron chi connectivity index (χ1n) is 6.98. The summed E-state index contributed by atoms with van der Waals surface area (Å²) in [4.78, 5) is 0. The minimum Gasteiger partial charge on any atom is -0.369 e. The first-order valence-corrected chi connectivity index (χ1v) is 6.98. The summed E-state index contributed by atoms with van der Waals surface area (Å²) in [6.07, 6.45) is 2.90. The first kappa shape index (κ1) is 12.4. The lowest BCUT2D eigenvalue weighted by molar-refractivity contribution is 0.368. The summed E-state index contributed by atoms with van der Waals surface area (Å²) in [6, 6.07) is 17.2. The Bertz CT molecular complexity index is 522. The molecule has 19 heavy (non-hydrogen) atoms. The van der Waals surface area contributed by atoms with Gasteiger partial charge in [0.2, 0.25) is 0 Å². The highest BCUT2D eigenvalue weighted by molar-refractivity contribution is 5.29. The minimum absolute atomic E-state index is 0.403. The highest BCUT2D eigenvalue weighted by Crippen LogP contribution is 2.30. The lowest BCUT2D eigenvalue weighted by Crippen LogP contribution is -2.04. The molecule has 0 aromatic heterocycles. The van der Waals surface area contributed by atoms with Crippen LogP contribution >= 0.6 is 0 Å². The second-order valence-electron chi connectivity index (χ2n) is 5.47. The third-order valence-corrected chi connectivity index (χ3v) is 4.05. The Morgan fingerprint density at radius 3 is 1.58 bits per heavy atom. The standard InChI is InChI=1S/C18H20O/c1-13-7-3-5-9-15(13)11-17-18(19-17)12-16-10-6-4-8-14(16)2/h3-10,17-18H,11-12H2,1-2H3. The summed E-state index contributed by atoms with van der Waals surface area (Å²) in [5.74, 6) is 0. The van der Waals surface area contributed by atoms with Crippen LogP contribution in [0.3, 0.4) is 0 Å². The molecule has 1 aliphatic rings. The summed E-state index contributed by atoms with van der Waals surface area (Å²) in [5, 5.41) is 0. The van der Waals surface area contributed by atoms with E-state index in [1.165, 1.54) is 22.3 Å². The van der Waals surface area contributed by atoms with Gasteiger partial charge in [0.25, 0.3) is 0 Å². The van der Waals surface area contributed by atoms with E-state index < -0.39 is 0 Å². The SMILES string of the molecule is Cc1ccccc1CC1OC1Cc1ccccc1C. The molecular formula is C18H20O. The van der Waals surface area contributed by atoms with Crippen LogP contribution in [0.25, 0.3) is 0 Å². The van der Waals surface area contributed by atoms with Gasteiger partial charge in [-0.1, -0.05) is 48.5 Å². The van der Waals surface area contributed by atoms with Gasteiger partial charge in [-0.2, -0.15) is 0 Å². The Kier molecular flexibility index (Phi) is 3.39. The number of hydrogen-bond acceptors (Lipinski definition) is 1. The van der Waals surface area contributed by atoms with Crippen molar-refractivity contribution in [3.8, 4) is 0 Å². The molecule has 0 amide bonds. The largest absolute Gasteiger partial charge is 0.369 e. The summed E-state index contributed by atoms with van der Waals surface area (Å²) in [6.45, 7) is 4.35. The van der Waals surface area contributed by atoms with Gasteiger partial charge < -0.3 is 4.74 Å². The van der Waals surface area contributed by atoms with Crippen LogP contribution in [-0.4, -0.2) is 12.2 Å². The number of rotatable bonds is 4. The average Bonchev–Trinajstić information content (AvgIpc) is 3.13. The molecule has 3 rings (SSSR count). The molecule has 1 nitrogen and oxygen atoms in total. The fraction of sp³-hybridized carbons (Fsp3) is 0.333. The molecule has 2 aromatic carbocycles. The normalized spacial score (nSPS) is 21.4. The van der Waals surface area contributed by atoms with E-state index in [1.807, 2.05) is 0 Å². The van der Waals surface area contributed by atoms with Gasteiger partial charge in [-0.05, 0) is 36.1 Å². The molecule has 0 saturated carbocycles. The van der Waals surface area contributed by atoms with E-state index in [-0.39, 0.29) is 0 Å². The molecule has 0 radical (unpaired) electrons. The third-order valence-electron chi connectivity index (χ3n) is 4.05. The van der Waals surface area contributed by atoms with E-state index in [0.717, 1.165) is 12.8 Å². The fourth-order valence-corrected chi connectivity index (χ4v) is 2.65. The number of hydrogen-bond donors (Lipinski definition) is 0. The van der Waals surface area contributed by atoms with Gasteiger partial charge in [0.1, 0.15) is 0 Å². The van der Waals surface area contributed by atoms with Gasteiger partial charge in [0, 0.05) is 12.8 Å². The van der Waals surface area contributed by atoms with E-state index in [1.54, 1.807) is 0 Å². The summed E-state index contributed by atoms with van der Waals surface area (Å²) >= 11 is 0. The number of epoxide rings is 1. The van der Waals surface area contributed by atoms with Gasteiger partial charge in [-0.15, -0.1) is 0 Å². The Morgan fingerprint density at radius 1 is 0.737 bits per heavy atom. The second kappa shape index (κ2) is 5.18. The van der Waals surface area contributed by atoms with Crippen LogP contribution < -0.4 is 0 Å². The van der Waals surface area contributed by atoms with E-state index in [0.29, 0.717) is 12.2 Å². The molecule has 1 heteroatoms. The van der Waals surface area contributed by atoms with Crippen LogP contribution in [0.5, 0.6) is 0 Å². The van der Waals surface area contributed by atoms with Crippen LogP contribution in [0, 0.1) is 13.8 Å². The predicted molar refractivity (Wildman–Crippen MR) is 78.4 cm³/mol. The Morgan fingerprint density at radius 2 is 1.16 bits per heavy atom. The monoisotopic (exact) mass is 252 g/mol. The highest BCUT2D eigenvalue weighted by atomic mass is 16.6. The average molecular weight is 252 g/mol. The first-order chi connectivity index (χ1) is 9.24. The zero-order chi connectivity index (χ0) is 13.2. The van der Waals surface area contributed by atoms with Gasteiger partial charge in [-0.3, -0.25) is 0 Å². The van der Waals surface area contributed by atoms with E-state index in [9.17, 15) is 0 Å². The zero-order valence-electron chi connectivity index (χ0n) is 11.6. The maximum atomic E-state index is 5.83. The van der Waals surface area contributed by atoms with Gasteiger partial charge in [0.05, 0.1) is 12.2 Å². The number of benzene rings is 2. The van der Waals surface area contributed by atoms with Crippen molar-refractivity contribution in [2.45, 2.75) is 38.9 Å². The van der Waals surface area contributed by atoms with E-state index in [4.69, 9.17) is 4.74 Å². The van der Waals surface area contributed by atoms with Crippen LogP contribution in [0.2, 0.25) is 0 Å². The van der Waals surface area contributed by atoms with E-state index in [2.05, 4.69) is 62.4 Å². The molecule has 1 fully saturated rings. The van der Waals surface area contributed by atoms with Gasteiger partial charge >= 0.3 is 0 Å². The van der Waals surface area contributed by atoms with Crippen molar-refractivity contribution in [1.29, 1.82) is 0 Å². The Hall–Kier alpha value is -1.60. The third kappa shape index (κ3) is 2.87. The summed E-state index contributed by atoms with van der Waals surface area (Å²) < 4.78 is 5.83. The molecule has 0 aliphatic carbocycles. The van der Waals surface area contributed by atoms with Crippen LogP contribution in [0.1, 0.15) is 22.3 Å².